The maximum atomic E-state index is 13.1. The first-order valence-electron chi connectivity index (χ1n) is 8.36. The summed E-state index contributed by atoms with van der Waals surface area (Å²) in [6, 6.07) is 8.13. The Bertz CT molecular complexity index is 991. The van der Waals surface area contributed by atoms with Gasteiger partial charge in [0, 0.05) is 19.2 Å². The first-order valence-corrected chi connectivity index (χ1v) is 9.34. The van der Waals surface area contributed by atoms with Crippen LogP contribution in [0.3, 0.4) is 0 Å². The van der Waals surface area contributed by atoms with Crippen molar-refractivity contribution in [1.82, 2.24) is 19.1 Å². The second-order valence-corrected chi connectivity index (χ2v) is 7.19. The maximum absolute atomic E-state index is 13.1. The van der Waals surface area contributed by atoms with Crippen LogP contribution < -0.4 is 10.3 Å². The van der Waals surface area contributed by atoms with E-state index < -0.39 is 0 Å². The number of nitrogens with zero attached hydrogens (tertiary/aromatic N) is 4. The molecule has 25 heavy (non-hydrogen) atoms. The molecule has 130 valence electrons. The predicted molar refractivity (Wildman–Crippen MR) is 98.6 cm³/mol. The van der Waals surface area contributed by atoms with Crippen LogP contribution in [0.15, 0.2) is 34.2 Å². The molecular weight excluding hydrogens is 336 g/mol. The Balaban J connectivity index is 1.74. The number of benzene rings is 1. The average molecular weight is 356 g/mol. The summed E-state index contributed by atoms with van der Waals surface area (Å²) in [6.45, 7) is 2.04. The van der Waals surface area contributed by atoms with Gasteiger partial charge in [0.05, 0.1) is 13.2 Å². The molecule has 0 saturated carbocycles. The average Bonchev–Trinajstić information content (AvgIpc) is 3.17. The number of hydrogen-bond acceptors (Lipinski definition) is 5. The number of thioether (sulfide) groups is 1. The van der Waals surface area contributed by atoms with Crippen molar-refractivity contribution < 1.29 is 4.74 Å². The summed E-state index contributed by atoms with van der Waals surface area (Å²) in [4.78, 5) is 22.2. The molecule has 1 unspecified atom stereocenters. The summed E-state index contributed by atoms with van der Waals surface area (Å²) in [7, 11) is 3.55. The van der Waals surface area contributed by atoms with E-state index in [0.717, 1.165) is 35.3 Å². The van der Waals surface area contributed by atoms with Crippen LogP contribution in [0.4, 0.5) is 0 Å². The Morgan fingerprint density at radius 2 is 2.04 bits per heavy atom. The van der Waals surface area contributed by atoms with E-state index in [0.29, 0.717) is 11.2 Å². The van der Waals surface area contributed by atoms with Crippen LogP contribution in [-0.4, -0.2) is 32.0 Å². The minimum Gasteiger partial charge on any atom is -0.497 e. The quantitative estimate of drug-likeness (QED) is 0.673. The van der Waals surface area contributed by atoms with Gasteiger partial charge < -0.3 is 9.30 Å². The maximum Gasteiger partial charge on any atom is 0.280 e. The normalized spacial score (nSPS) is 16.4. The summed E-state index contributed by atoms with van der Waals surface area (Å²) >= 11 is 1.63. The van der Waals surface area contributed by atoms with Crippen molar-refractivity contribution in [3.05, 3.63) is 46.0 Å². The van der Waals surface area contributed by atoms with E-state index in [1.165, 1.54) is 5.56 Å². The Morgan fingerprint density at radius 3 is 2.72 bits per heavy atom. The number of fused-ring (bicyclic) bond motifs is 2. The van der Waals surface area contributed by atoms with Crippen LogP contribution >= 0.6 is 11.8 Å². The van der Waals surface area contributed by atoms with E-state index in [9.17, 15) is 4.79 Å². The standard InChI is InChI=1S/C18H20N4O2S/c1-4-14-19-16-15(21(14)2)17(23)22-12(10-25-18(22)20-16)9-11-5-7-13(24-3)8-6-11/h5-8,12H,4,9-10H2,1-3H3. The third kappa shape index (κ3) is 2.63. The van der Waals surface area contributed by atoms with Gasteiger partial charge in [0.15, 0.2) is 16.3 Å². The van der Waals surface area contributed by atoms with Gasteiger partial charge in [-0.15, -0.1) is 0 Å². The Labute approximate surface area is 149 Å². The lowest BCUT2D eigenvalue weighted by Crippen LogP contribution is -2.27. The van der Waals surface area contributed by atoms with Crippen LogP contribution in [0.5, 0.6) is 5.75 Å². The predicted octanol–water partition coefficient (Wildman–Crippen LogP) is 2.59. The van der Waals surface area contributed by atoms with Gasteiger partial charge in [-0.2, -0.15) is 0 Å². The monoisotopic (exact) mass is 356 g/mol. The number of ether oxygens (including phenoxy) is 1. The second-order valence-electron chi connectivity index (χ2n) is 6.20. The number of methoxy groups -OCH3 is 1. The zero-order valence-electron chi connectivity index (χ0n) is 14.5. The van der Waals surface area contributed by atoms with Gasteiger partial charge in [-0.25, -0.2) is 9.97 Å². The van der Waals surface area contributed by atoms with Crippen LogP contribution in [0.1, 0.15) is 24.4 Å². The van der Waals surface area contributed by atoms with Gasteiger partial charge in [0.1, 0.15) is 11.6 Å². The van der Waals surface area contributed by atoms with Crippen molar-refractivity contribution in [1.29, 1.82) is 0 Å². The first-order chi connectivity index (χ1) is 12.1. The molecule has 0 aliphatic carbocycles. The fraction of sp³-hybridized carbons (Fsp3) is 0.389. The van der Waals surface area contributed by atoms with Gasteiger partial charge in [0.2, 0.25) is 0 Å². The fourth-order valence-electron chi connectivity index (χ4n) is 3.36. The van der Waals surface area contributed by atoms with Crippen LogP contribution in [-0.2, 0) is 19.9 Å². The molecule has 0 radical (unpaired) electrons. The molecule has 0 amide bonds. The summed E-state index contributed by atoms with van der Waals surface area (Å²) in [6.07, 6.45) is 1.58. The number of imidazole rings is 1. The third-order valence-electron chi connectivity index (χ3n) is 4.71. The van der Waals surface area contributed by atoms with E-state index in [2.05, 4.69) is 22.1 Å². The van der Waals surface area contributed by atoms with E-state index in [-0.39, 0.29) is 11.6 Å². The lowest BCUT2D eigenvalue weighted by atomic mass is 10.1. The number of aromatic nitrogens is 4. The molecule has 1 aliphatic heterocycles. The molecule has 0 spiro atoms. The van der Waals surface area contributed by atoms with E-state index in [4.69, 9.17) is 4.74 Å². The molecule has 1 atom stereocenters. The third-order valence-corrected chi connectivity index (χ3v) is 5.81. The molecule has 2 aromatic heterocycles. The largest absolute Gasteiger partial charge is 0.497 e. The summed E-state index contributed by atoms with van der Waals surface area (Å²) in [5.41, 5.74) is 2.36. The van der Waals surface area contributed by atoms with Crippen LogP contribution in [0, 0.1) is 0 Å². The topological polar surface area (TPSA) is 61.9 Å². The first kappa shape index (κ1) is 16.2. The zero-order chi connectivity index (χ0) is 17.6. The molecule has 6 nitrogen and oxygen atoms in total. The van der Waals surface area contributed by atoms with Gasteiger partial charge >= 0.3 is 0 Å². The number of aryl methyl sites for hydroxylation is 2. The summed E-state index contributed by atoms with van der Waals surface area (Å²) < 4.78 is 8.94. The van der Waals surface area contributed by atoms with Gasteiger partial charge in [-0.05, 0) is 24.1 Å². The van der Waals surface area contributed by atoms with Gasteiger partial charge in [-0.3, -0.25) is 9.36 Å². The molecule has 0 fully saturated rings. The molecule has 3 aromatic rings. The van der Waals surface area contributed by atoms with Crippen molar-refractivity contribution in [3.8, 4) is 5.75 Å². The highest BCUT2D eigenvalue weighted by molar-refractivity contribution is 7.99. The molecule has 0 bridgehead atoms. The van der Waals surface area contributed by atoms with Crippen LogP contribution in [0.25, 0.3) is 11.2 Å². The Kier molecular flexibility index (Phi) is 4.03. The smallest absolute Gasteiger partial charge is 0.280 e. The second kappa shape index (κ2) is 6.22. The molecule has 4 rings (SSSR count). The number of rotatable bonds is 4. The van der Waals surface area contributed by atoms with Gasteiger partial charge in [-0.1, -0.05) is 30.8 Å². The van der Waals surface area contributed by atoms with E-state index >= 15 is 0 Å². The van der Waals surface area contributed by atoms with Gasteiger partial charge in [0.25, 0.3) is 5.56 Å². The highest BCUT2D eigenvalue weighted by Gasteiger charge is 2.28. The Hall–Kier alpha value is -2.28. The molecule has 7 heteroatoms. The lowest BCUT2D eigenvalue weighted by Gasteiger charge is -2.14. The van der Waals surface area contributed by atoms with Crippen molar-refractivity contribution in [2.24, 2.45) is 7.05 Å². The van der Waals surface area contributed by atoms with E-state index in [1.807, 2.05) is 35.2 Å². The molecule has 3 heterocycles. The van der Waals surface area contributed by atoms with Crippen molar-refractivity contribution >= 4 is 22.9 Å². The summed E-state index contributed by atoms with van der Waals surface area (Å²) in [5, 5.41) is 0.775. The SMILES string of the molecule is CCc1nc2nc3n(c(=O)c2n1C)C(Cc1ccc(OC)cc1)CS3. The number of hydrogen-bond donors (Lipinski definition) is 0. The van der Waals surface area contributed by atoms with Crippen LogP contribution in [0.2, 0.25) is 0 Å². The molecule has 1 aliphatic rings. The van der Waals surface area contributed by atoms with E-state index in [1.54, 1.807) is 18.9 Å². The minimum absolute atomic E-state index is 0.0122. The van der Waals surface area contributed by atoms with Crippen molar-refractivity contribution in [2.75, 3.05) is 12.9 Å². The highest BCUT2D eigenvalue weighted by Crippen LogP contribution is 2.33. The minimum atomic E-state index is 0.0122. The highest BCUT2D eigenvalue weighted by atomic mass is 32.2. The zero-order valence-corrected chi connectivity index (χ0v) is 15.3. The van der Waals surface area contributed by atoms with Crippen molar-refractivity contribution in [2.45, 2.75) is 31.0 Å². The molecule has 0 saturated heterocycles. The van der Waals surface area contributed by atoms with Crippen molar-refractivity contribution in [3.63, 3.8) is 0 Å². The summed E-state index contributed by atoms with van der Waals surface area (Å²) in [5.74, 6) is 2.58. The molecular formula is C18H20N4O2S. The molecule has 1 aromatic carbocycles. The fourth-order valence-corrected chi connectivity index (χ4v) is 4.49. The molecule has 0 N–H and O–H groups in total. The lowest BCUT2D eigenvalue weighted by molar-refractivity contribution is 0.414. The Morgan fingerprint density at radius 1 is 1.28 bits per heavy atom.